The number of anilines is 2. The summed E-state index contributed by atoms with van der Waals surface area (Å²) in [4.78, 5) is 0. The largest absolute Gasteiger partial charge is 0.397 e. The summed E-state index contributed by atoms with van der Waals surface area (Å²) in [5.74, 6) is 0. The zero-order valence-electron chi connectivity index (χ0n) is 10.5. The lowest BCUT2D eigenvalue weighted by Crippen LogP contribution is -2.04. The first kappa shape index (κ1) is 11.5. The lowest BCUT2D eigenvalue weighted by Gasteiger charge is -2.11. The predicted octanol–water partition coefficient (Wildman–Crippen LogP) is 2.23. The molecule has 0 aliphatic rings. The van der Waals surface area contributed by atoms with Crippen molar-refractivity contribution in [3.63, 3.8) is 0 Å². The molecule has 1 aromatic carbocycles. The lowest BCUT2D eigenvalue weighted by molar-refractivity contribution is 0.756. The van der Waals surface area contributed by atoms with E-state index < -0.39 is 0 Å². The Morgan fingerprint density at radius 3 is 2.71 bits per heavy atom. The van der Waals surface area contributed by atoms with Crippen LogP contribution in [0.4, 0.5) is 11.4 Å². The second-order valence-electron chi connectivity index (χ2n) is 4.31. The molecule has 1 aromatic heterocycles. The van der Waals surface area contributed by atoms with Crippen LogP contribution < -0.4 is 11.1 Å². The standard InChI is InChI=1S/C13H18N4/c1-9-5-4-6-12(14)13(9)15-7-11-8-17(3)16-10(11)2/h4-6,8,15H,7,14H2,1-3H3. The van der Waals surface area contributed by atoms with E-state index in [-0.39, 0.29) is 0 Å². The number of nitrogens with one attached hydrogen (secondary N) is 1. The first-order valence-electron chi connectivity index (χ1n) is 5.66. The van der Waals surface area contributed by atoms with Gasteiger partial charge in [-0.05, 0) is 25.5 Å². The Labute approximate surface area is 101 Å². The van der Waals surface area contributed by atoms with Crippen molar-refractivity contribution in [2.45, 2.75) is 20.4 Å². The number of aryl methyl sites for hydroxylation is 3. The average Bonchev–Trinajstić information content (AvgIpc) is 2.57. The minimum Gasteiger partial charge on any atom is -0.397 e. The summed E-state index contributed by atoms with van der Waals surface area (Å²) in [5.41, 5.74) is 11.1. The van der Waals surface area contributed by atoms with E-state index in [0.29, 0.717) is 0 Å². The number of benzene rings is 1. The van der Waals surface area contributed by atoms with E-state index in [1.54, 1.807) is 0 Å². The van der Waals surface area contributed by atoms with Crippen LogP contribution >= 0.6 is 0 Å². The molecular weight excluding hydrogens is 212 g/mol. The van der Waals surface area contributed by atoms with Gasteiger partial charge in [-0.1, -0.05) is 12.1 Å². The molecule has 0 fully saturated rings. The maximum Gasteiger partial charge on any atom is 0.0643 e. The van der Waals surface area contributed by atoms with Crippen LogP contribution in [0.1, 0.15) is 16.8 Å². The van der Waals surface area contributed by atoms with Gasteiger partial charge in [0.05, 0.1) is 17.1 Å². The molecule has 0 aliphatic carbocycles. The van der Waals surface area contributed by atoms with Gasteiger partial charge in [0.2, 0.25) is 0 Å². The van der Waals surface area contributed by atoms with Gasteiger partial charge < -0.3 is 11.1 Å². The molecule has 0 saturated heterocycles. The van der Waals surface area contributed by atoms with Crippen LogP contribution in [0.25, 0.3) is 0 Å². The van der Waals surface area contributed by atoms with Crippen molar-refractivity contribution in [1.29, 1.82) is 0 Å². The Kier molecular flexibility index (Phi) is 3.04. The molecule has 0 bridgehead atoms. The van der Waals surface area contributed by atoms with Crippen LogP contribution in [0.3, 0.4) is 0 Å². The van der Waals surface area contributed by atoms with Crippen LogP contribution in [0.15, 0.2) is 24.4 Å². The van der Waals surface area contributed by atoms with Gasteiger partial charge in [0, 0.05) is 25.4 Å². The highest BCUT2D eigenvalue weighted by Gasteiger charge is 2.05. The number of rotatable bonds is 3. The van der Waals surface area contributed by atoms with Gasteiger partial charge in [-0.3, -0.25) is 4.68 Å². The summed E-state index contributed by atoms with van der Waals surface area (Å²) in [6.07, 6.45) is 2.02. The molecule has 2 aromatic rings. The highest BCUT2D eigenvalue weighted by Crippen LogP contribution is 2.23. The molecule has 4 nitrogen and oxygen atoms in total. The number of nitrogens with two attached hydrogens (primary N) is 1. The van der Waals surface area contributed by atoms with Gasteiger partial charge in [-0.2, -0.15) is 5.10 Å². The molecule has 0 amide bonds. The van der Waals surface area contributed by atoms with E-state index in [9.17, 15) is 0 Å². The Balaban J connectivity index is 2.15. The molecule has 2 rings (SSSR count). The van der Waals surface area contributed by atoms with E-state index in [1.165, 1.54) is 5.56 Å². The van der Waals surface area contributed by atoms with Crippen LogP contribution in [-0.2, 0) is 13.6 Å². The lowest BCUT2D eigenvalue weighted by atomic mass is 10.1. The summed E-state index contributed by atoms with van der Waals surface area (Å²) >= 11 is 0. The smallest absolute Gasteiger partial charge is 0.0643 e. The number of aromatic nitrogens is 2. The normalized spacial score (nSPS) is 10.5. The monoisotopic (exact) mass is 230 g/mol. The zero-order valence-corrected chi connectivity index (χ0v) is 10.5. The third kappa shape index (κ3) is 2.41. The highest BCUT2D eigenvalue weighted by atomic mass is 15.2. The third-order valence-electron chi connectivity index (χ3n) is 2.88. The zero-order chi connectivity index (χ0) is 12.4. The molecule has 0 atom stereocenters. The van der Waals surface area contributed by atoms with E-state index in [0.717, 1.165) is 29.2 Å². The SMILES string of the molecule is Cc1cccc(N)c1NCc1cn(C)nc1C. The van der Waals surface area contributed by atoms with E-state index in [2.05, 4.69) is 23.4 Å². The van der Waals surface area contributed by atoms with Crippen molar-refractivity contribution in [3.05, 3.63) is 41.2 Å². The van der Waals surface area contributed by atoms with E-state index >= 15 is 0 Å². The Morgan fingerprint density at radius 2 is 2.12 bits per heavy atom. The highest BCUT2D eigenvalue weighted by molar-refractivity contribution is 5.69. The van der Waals surface area contributed by atoms with Gasteiger partial charge in [0.15, 0.2) is 0 Å². The second kappa shape index (κ2) is 4.49. The molecule has 0 unspecified atom stereocenters. The summed E-state index contributed by atoms with van der Waals surface area (Å²) in [6, 6.07) is 5.92. The Hall–Kier alpha value is -1.97. The first-order chi connectivity index (χ1) is 8.08. The van der Waals surface area contributed by atoms with Crippen molar-refractivity contribution in [2.24, 2.45) is 7.05 Å². The van der Waals surface area contributed by atoms with Crippen molar-refractivity contribution in [1.82, 2.24) is 9.78 Å². The van der Waals surface area contributed by atoms with Crippen LogP contribution in [0, 0.1) is 13.8 Å². The first-order valence-corrected chi connectivity index (χ1v) is 5.66. The summed E-state index contributed by atoms with van der Waals surface area (Å²) in [5, 5.41) is 7.69. The Bertz CT molecular complexity index is 508. The minimum absolute atomic E-state index is 0.745. The van der Waals surface area contributed by atoms with Gasteiger partial charge in [0.1, 0.15) is 0 Å². The van der Waals surface area contributed by atoms with Crippen molar-refractivity contribution < 1.29 is 0 Å². The molecule has 0 aliphatic heterocycles. The number of hydrogen-bond acceptors (Lipinski definition) is 3. The molecule has 3 N–H and O–H groups in total. The van der Waals surface area contributed by atoms with E-state index in [4.69, 9.17) is 5.73 Å². The van der Waals surface area contributed by atoms with Crippen LogP contribution in [0.2, 0.25) is 0 Å². The minimum atomic E-state index is 0.745. The average molecular weight is 230 g/mol. The number of hydrogen-bond donors (Lipinski definition) is 2. The summed E-state index contributed by atoms with van der Waals surface area (Å²) in [7, 11) is 1.93. The molecule has 0 spiro atoms. The second-order valence-corrected chi connectivity index (χ2v) is 4.31. The molecule has 1 heterocycles. The molecular formula is C13H18N4. The van der Waals surface area contributed by atoms with Crippen LogP contribution in [-0.4, -0.2) is 9.78 Å². The molecule has 90 valence electrons. The number of nitrogens with zero attached hydrogens (tertiary/aromatic N) is 2. The number of para-hydroxylation sites is 1. The molecule has 0 saturated carbocycles. The summed E-state index contributed by atoms with van der Waals surface area (Å²) in [6.45, 7) is 4.81. The molecule has 17 heavy (non-hydrogen) atoms. The fourth-order valence-corrected chi connectivity index (χ4v) is 1.94. The summed E-state index contributed by atoms with van der Waals surface area (Å²) < 4.78 is 1.83. The van der Waals surface area contributed by atoms with Crippen molar-refractivity contribution in [2.75, 3.05) is 11.1 Å². The third-order valence-corrected chi connectivity index (χ3v) is 2.88. The van der Waals surface area contributed by atoms with Crippen LogP contribution in [0.5, 0.6) is 0 Å². The van der Waals surface area contributed by atoms with Gasteiger partial charge in [-0.25, -0.2) is 0 Å². The van der Waals surface area contributed by atoms with Crippen molar-refractivity contribution >= 4 is 11.4 Å². The number of nitrogen functional groups attached to an aromatic ring is 1. The van der Waals surface area contributed by atoms with Gasteiger partial charge in [0.25, 0.3) is 0 Å². The van der Waals surface area contributed by atoms with Crippen molar-refractivity contribution in [3.8, 4) is 0 Å². The topological polar surface area (TPSA) is 55.9 Å². The Morgan fingerprint density at radius 1 is 1.35 bits per heavy atom. The maximum atomic E-state index is 5.95. The fourth-order valence-electron chi connectivity index (χ4n) is 1.94. The maximum absolute atomic E-state index is 5.95. The predicted molar refractivity (Wildman–Crippen MR) is 70.9 cm³/mol. The molecule has 0 radical (unpaired) electrons. The molecule has 4 heteroatoms. The fraction of sp³-hybridized carbons (Fsp3) is 0.308. The van der Waals surface area contributed by atoms with Gasteiger partial charge in [-0.15, -0.1) is 0 Å². The van der Waals surface area contributed by atoms with Gasteiger partial charge >= 0.3 is 0 Å². The quantitative estimate of drug-likeness (QED) is 0.795. The van der Waals surface area contributed by atoms with E-state index in [1.807, 2.05) is 37.0 Å².